The topological polar surface area (TPSA) is 3.24 Å². The van der Waals surface area contributed by atoms with Gasteiger partial charge in [0.1, 0.15) is 0 Å². The molecule has 0 aromatic carbocycles. The van der Waals surface area contributed by atoms with Crippen LogP contribution in [0.3, 0.4) is 0 Å². The second-order valence-corrected chi connectivity index (χ2v) is 4.10. The van der Waals surface area contributed by atoms with Crippen LogP contribution in [-0.4, -0.2) is 36.6 Å². The lowest BCUT2D eigenvalue weighted by Gasteiger charge is -2.26. The molecule has 0 aliphatic rings. The predicted molar refractivity (Wildman–Crippen MR) is 57.3 cm³/mol. The number of halogens is 4. The van der Waals surface area contributed by atoms with Crippen molar-refractivity contribution >= 4 is 11.6 Å². The van der Waals surface area contributed by atoms with Gasteiger partial charge < -0.3 is 0 Å². The molecule has 0 aromatic heterocycles. The average molecular weight is 246 g/mol. The fraction of sp³-hybridized carbons (Fsp3) is 1.00. The molecule has 0 spiro atoms. The molecule has 0 N–H and O–H groups in total. The second kappa shape index (κ2) is 7.34. The van der Waals surface area contributed by atoms with E-state index in [2.05, 4.69) is 0 Å². The van der Waals surface area contributed by atoms with Gasteiger partial charge >= 0.3 is 6.18 Å². The molecule has 5 heteroatoms. The molecule has 0 aliphatic carbocycles. The molecular weight excluding hydrogens is 227 g/mol. The van der Waals surface area contributed by atoms with Gasteiger partial charge in [0.25, 0.3) is 0 Å². The van der Waals surface area contributed by atoms with Crippen molar-refractivity contribution in [3.05, 3.63) is 0 Å². The Morgan fingerprint density at radius 2 is 1.73 bits per heavy atom. The summed E-state index contributed by atoms with van der Waals surface area (Å²) in [5.41, 5.74) is 0. The van der Waals surface area contributed by atoms with E-state index in [9.17, 15) is 13.2 Å². The summed E-state index contributed by atoms with van der Waals surface area (Å²) in [5, 5.41) is 0. The van der Waals surface area contributed by atoms with Crippen LogP contribution in [0.15, 0.2) is 0 Å². The second-order valence-electron chi connectivity index (χ2n) is 3.72. The Morgan fingerprint density at radius 1 is 1.20 bits per heavy atom. The predicted octanol–water partition coefficient (Wildman–Crippen LogP) is 3.53. The summed E-state index contributed by atoms with van der Waals surface area (Å²) in [4.78, 5) is 1.39. The van der Waals surface area contributed by atoms with Crippen LogP contribution in [0, 0.1) is 5.92 Å². The summed E-state index contributed by atoms with van der Waals surface area (Å²) in [6.45, 7) is 3.94. The Balaban J connectivity index is 4.14. The Kier molecular flexibility index (Phi) is 7.36. The summed E-state index contributed by atoms with van der Waals surface area (Å²) in [6, 6.07) is 0. The van der Waals surface area contributed by atoms with Crippen molar-refractivity contribution in [2.45, 2.75) is 32.9 Å². The highest BCUT2D eigenvalue weighted by Gasteiger charge is 2.30. The number of nitrogens with zero attached hydrogens (tertiary/aromatic N) is 1. The molecule has 0 heterocycles. The highest BCUT2D eigenvalue weighted by Crippen LogP contribution is 2.18. The lowest BCUT2D eigenvalue weighted by molar-refractivity contribution is -0.146. The monoisotopic (exact) mass is 245 g/mol. The minimum Gasteiger partial charge on any atom is -0.294 e. The van der Waals surface area contributed by atoms with E-state index < -0.39 is 12.7 Å². The standard InChI is InChI=1S/C10H19ClF3N/c1-3-9(4-2)7-15(6-5-11)8-10(12,13)14/h9H,3-8H2,1-2H3. The molecule has 0 saturated heterocycles. The van der Waals surface area contributed by atoms with E-state index in [4.69, 9.17) is 11.6 Å². The average Bonchev–Trinajstić information content (AvgIpc) is 2.11. The first-order chi connectivity index (χ1) is 6.92. The molecule has 15 heavy (non-hydrogen) atoms. The Hall–Kier alpha value is 0.0400. The van der Waals surface area contributed by atoms with Crippen molar-refractivity contribution in [3.63, 3.8) is 0 Å². The number of rotatable bonds is 7. The van der Waals surface area contributed by atoms with Gasteiger partial charge in [-0.2, -0.15) is 13.2 Å². The third kappa shape index (κ3) is 7.91. The molecule has 0 fully saturated rings. The van der Waals surface area contributed by atoms with Crippen molar-refractivity contribution in [3.8, 4) is 0 Å². The Morgan fingerprint density at radius 3 is 2.07 bits per heavy atom. The highest BCUT2D eigenvalue weighted by atomic mass is 35.5. The highest BCUT2D eigenvalue weighted by molar-refractivity contribution is 6.18. The van der Waals surface area contributed by atoms with Crippen molar-refractivity contribution in [1.82, 2.24) is 4.90 Å². The van der Waals surface area contributed by atoms with Crippen molar-refractivity contribution < 1.29 is 13.2 Å². The fourth-order valence-corrected chi connectivity index (χ4v) is 1.76. The van der Waals surface area contributed by atoms with Gasteiger partial charge in [0.15, 0.2) is 0 Å². The van der Waals surface area contributed by atoms with E-state index >= 15 is 0 Å². The van der Waals surface area contributed by atoms with E-state index in [0.717, 1.165) is 12.8 Å². The van der Waals surface area contributed by atoms with Gasteiger partial charge in [0, 0.05) is 19.0 Å². The summed E-state index contributed by atoms with van der Waals surface area (Å²) >= 11 is 5.49. The van der Waals surface area contributed by atoms with Gasteiger partial charge in [-0.05, 0) is 5.92 Å². The van der Waals surface area contributed by atoms with Crippen LogP contribution in [0.25, 0.3) is 0 Å². The normalized spacial score (nSPS) is 12.8. The quantitative estimate of drug-likeness (QED) is 0.621. The molecule has 0 radical (unpaired) electrons. The zero-order valence-electron chi connectivity index (χ0n) is 9.28. The third-order valence-electron chi connectivity index (χ3n) is 2.47. The van der Waals surface area contributed by atoms with Crippen LogP contribution in [0.5, 0.6) is 0 Å². The van der Waals surface area contributed by atoms with Gasteiger partial charge in [0.2, 0.25) is 0 Å². The maximum atomic E-state index is 12.2. The van der Waals surface area contributed by atoms with Crippen molar-refractivity contribution in [1.29, 1.82) is 0 Å². The van der Waals surface area contributed by atoms with E-state index in [1.807, 2.05) is 13.8 Å². The van der Waals surface area contributed by atoms with Gasteiger partial charge in [-0.1, -0.05) is 26.7 Å². The van der Waals surface area contributed by atoms with E-state index in [1.54, 1.807) is 0 Å². The van der Waals surface area contributed by atoms with Crippen molar-refractivity contribution in [2.24, 2.45) is 5.92 Å². The molecule has 92 valence electrons. The summed E-state index contributed by atoms with van der Waals surface area (Å²) in [6.07, 6.45) is -2.31. The molecule has 0 rings (SSSR count). The van der Waals surface area contributed by atoms with Crippen molar-refractivity contribution in [2.75, 3.05) is 25.5 Å². The first-order valence-corrected chi connectivity index (χ1v) is 5.81. The fourth-order valence-electron chi connectivity index (χ4n) is 1.52. The molecule has 1 nitrogen and oxygen atoms in total. The minimum atomic E-state index is -4.13. The smallest absolute Gasteiger partial charge is 0.294 e. The number of hydrogen-bond acceptors (Lipinski definition) is 1. The van der Waals surface area contributed by atoms with Gasteiger partial charge in [-0.15, -0.1) is 11.6 Å². The molecule has 0 aromatic rings. The van der Waals surface area contributed by atoms with Crippen LogP contribution in [-0.2, 0) is 0 Å². The molecule has 0 bridgehead atoms. The van der Waals surface area contributed by atoms with Crippen LogP contribution in [0.4, 0.5) is 13.2 Å². The summed E-state index contributed by atoms with van der Waals surface area (Å²) in [7, 11) is 0. The largest absolute Gasteiger partial charge is 0.401 e. The lowest BCUT2D eigenvalue weighted by atomic mass is 10.0. The Bertz CT molecular complexity index is 157. The summed E-state index contributed by atoms with van der Waals surface area (Å²) < 4.78 is 36.6. The van der Waals surface area contributed by atoms with Crippen LogP contribution in [0.2, 0.25) is 0 Å². The number of hydrogen-bond donors (Lipinski definition) is 0. The number of alkyl halides is 4. The van der Waals surface area contributed by atoms with Gasteiger partial charge in [-0.3, -0.25) is 4.90 Å². The first kappa shape index (κ1) is 15.0. The third-order valence-corrected chi connectivity index (χ3v) is 2.64. The zero-order chi connectivity index (χ0) is 11.9. The first-order valence-electron chi connectivity index (χ1n) is 5.28. The molecule has 0 amide bonds. The van der Waals surface area contributed by atoms with E-state index in [1.165, 1.54) is 4.90 Å². The van der Waals surface area contributed by atoms with Crippen LogP contribution in [0.1, 0.15) is 26.7 Å². The van der Waals surface area contributed by atoms with Gasteiger partial charge in [-0.25, -0.2) is 0 Å². The SMILES string of the molecule is CCC(CC)CN(CCCl)CC(F)(F)F. The van der Waals surface area contributed by atoms with E-state index in [0.29, 0.717) is 19.0 Å². The molecule has 0 saturated carbocycles. The van der Waals surface area contributed by atoms with E-state index in [-0.39, 0.29) is 5.88 Å². The van der Waals surface area contributed by atoms with Crippen LogP contribution >= 0.6 is 11.6 Å². The molecule has 0 unspecified atom stereocenters. The van der Waals surface area contributed by atoms with Crippen LogP contribution < -0.4 is 0 Å². The maximum Gasteiger partial charge on any atom is 0.401 e. The molecule has 0 atom stereocenters. The molecular formula is C10H19ClF3N. The maximum absolute atomic E-state index is 12.2. The zero-order valence-corrected chi connectivity index (χ0v) is 10.0. The van der Waals surface area contributed by atoms with Gasteiger partial charge in [0.05, 0.1) is 6.54 Å². The minimum absolute atomic E-state index is 0.246. The Labute approximate surface area is 94.6 Å². The lowest BCUT2D eigenvalue weighted by Crippen LogP contribution is -2.38. The summed E-state index contributed by atoms with van der Waals surface area (Å²) in [5.74, 6) is 0.575. The molecule has 0 aliphatic heterocycles.